The first-order valence-corrected chi connectivity index (χ1v) is 9.10. The summed E-state index contributed by atoms with van der Waals surface area (Å²) in [5.74, 6) is -1.47. The lowest BCUT2D eigenvalue weighted by molar-refractivity contribution is -0.126. The third kappa shape index (κ3) is 4.46. The van der Waals surface area contributed by atoms with E-state index in [0.29, 0.717) is 10.6 Å². The van der Waals surface area contributed by atoms with Gasteiger partial charge in [0.25, 0.3) is 5.91 Å². The quantitative estimate of drug-likeness (QED) is 0.794. The Kier molecular flexibility index (Phi) is 5.76. The van der Waals surface area contributed by atoms with Gasteiger partial charge in [-0.2, -0.15) is 0 Å². The van der Waals surface area contributed by atoms with E-state index in [1.807, 2.05) is 24.3 Å². The first kappa shape index (κ1) is 18.9. The number of nitrogens with one attached hydrogen (secondary N) is 2. The first-order valence-electron chi connectivity index (χ1n) is 8.73. The standard InChI is InChI=1S/C20H20ClN3O3/c1-2-13-3-9-17(10-4-13)24-12-15(11-18(24)25)20(27)23-22-19(26)14-5-7-16(21)8-6-14/h3-10,15H,2,11-12H2,1H3,(H,22,26)(H,23,27). The number of nitrogens with zero attached hydrogens (tertiary/aromatic N) is 1. The monoisotopic (exact) mass is 385 g/mol. The Labute approximate surface area is 162 Å². The largest absolute Gasteiger partial charge is 0.312 e. The predicted octanol–water partition coefficient (Wildman–Crippen LogP) is 2.72. The highest BCUT2D eigenvalue weighted by Crippen LogP contribution is 2.25. The van der Waals surface area contributed by atoms with Crippen LogP contribution in [0.2, 0.25) is 5.02 Å². The zero-order valence-electron chi connectivity index (χ0n) is 14.9. The van der Waals surface area contributed by atoms with Gasteiger partial charge in [0, 0.05) is 29.2 Å². The Morgan fingerprint density at radius 1 is 1.07 bits per heavy atom. The molecule has 2 aromatic rings. The molecular formula is C20H20ClN3O3. The van der Waals surface area contributed by atoms with E-state index in [1.165, 1.54) is 5.56 Å². The summed E-state index contributed by atoms with van der Waals surface area (Å²) in [4.78, 5) is 38.3. The highest BCUT2D eigenvalue weighted by molar-refractivity contribution is 6.30. The molecule has 7 heteroatoms. The van der Waals surface area contributed by atoms with Gasteiger partial charge in [-0.15, -0.1) is 0 Å². The van der Waals surface area contributed by atoms with Crippen LogP contribution in [0, 0.1) is 5.92 Å². The lowest BCUT2D eigenvalue weighted by Gasteiger charge is -2.17. The van der Waals surface area contributed by atoms with Crippen molar-refractivity contribution in [1.29, 1.82) is 0 Å². The second-order valence-electron chi connectivity index (χ2n) is 6.38. The molecule has 3 amide bonds. The Balaban J connectivity index is 1.56. The number of rotatable bonds is 4. The molecule has 2 aromatic carbocycles. The predicted molar refractivity (Wildman–Crippen MR) is 103 cm³/mol. The van der Waals surface area contributed by atoms with Crippen molar-refractivity contribution in [3.8, 4) is 0 Å². The highest BCUT2D eigenvalue weighted by Gasteiger charge is 2.35. The number of benzene rings is 2. The molecule has 0 aromatic heterocycles. The lowest BCUT2D eigenvalue weighted by atomic mass is 10.1. The van der Waals surface area contributed by atoms with Gasteiger partial charge in [0.2, 0.25) is 11.8 Å². The molecule has 1 heterocycles. The summed E-state index contributed by atoms with van der Waals surface area (Å²) < 4.78 is 0. The number of hydrogen-bond acceptors (Lipinski definition) is 3. The molecule has 140 valence electrons. The van der Waals surface area contributed by atoms with Crippen molar-refractivity contribution in [3.63, 3.8) is 0 Å². The van der Waals surface area contributed by atoms with Crippen molar-refractivity contribution in [2.24, 2.45) is 5.92 Å². The summed E-state index contributed by atoms with van der Waals surface area (Å²) in [7, 11) is 0. The van der Waals surface area contributed by atoms with Crippen LogP contribution in [0.5, 0.6) is 0 Å². The fourth-order valence-corrected chi connectivity index (χ4v) is 3.06. The van der Waals surface area contributed by atoms with Crippen LogP contribution in [0.4, 0.5) is 5.69 Å². The molecule has 2 N–H and O–H groups in total. The number of amides is 3. The minimum Gasteiger partial charge on any atom is -0.312 e. The fraction of sp³-hybridized carbons (Fsp3) is 0.250. The van der Waals surface area contributed by atoms with Crippen LogP contribution in [-0.2, 0) is 16.0 Å². The van der Waals surface area contributed by atoms with Crippen LogP contribution in [0.1, 0.15) is 29.3 Å². The van der Waals surface area contributed by atoms with Crippen LogP contribution in [0.15, 0.2) is 48.5 Å². The van der Waals surface area contributed by atoms with Gasteiger partial charge in [-0.25, -0.2) is 0 Å². The van der Waals surface area contributed by atoms with Crippen LogP contribution >= 0.6 is 11.6 Å². The normalized spacial score (nSPS) is 16.3. The third-order valence-corrected chi connectivity index (χ3v) is 4.81. The number of aryl methyl sites for hydroxylation is 1. The van der Waals surface area contributed by atoms with Gasteiger partial charge < -0.3 is 4.90 Å². The summed E-state index contributed by atoms with van der Waals surface area (Å²) in [6, 6.07) is 14.0. The van der Waals surface area contributed by atoms with Gasteiger partial charge in [0.1, 0.15) is 0 Å². The number of halogens is 1. The highest BCUT2D eigenvalue weighted by atomic mass is 35.5. The van der Waals surface area contributed by atoms with Crippen molar-refractivity contribution in [3.05, 3.63) is 64.7 Å². The smallest absolute Gasteiger partial charge is 0.269 e. The van der Waals surface area contributed by atoms with Gasteiger partial charge in [-0.3, -0.25) is 25.2 Å². The Morgan fingerprint density at radius 3 is 2.37 bits per heavy atom. The summed E-state index contributed by atoms with van der Waals surface area (Å²) >= 11 is 5.79. The zero-order valence-corrected chi connectivity index (χ0v) is 15.6. The Morgan fingerprint density at radius 2 is 1.74 bits per heavy atom. The number of carbonyl (C=O) groups excluding carboxylic acids is 3. The molecule has 1 fully saturated rings. The Hall–Kier alpha value is -2.86. The fourth-order valence-electron chi connectivity index (χ4n) is 2.94. The second-order valence-corrected chi connectivity index (χ2v) is 6.81. The number of hydrogen-bond donors (Lipinski definition) is 2. The van der Waals surface area contributed by atoms with E-state index >= 15 is 0 Å². The van der Waals surface area contributed by atoms with Gasteiger partial charge in [0.05, 0.1) is 5.92 Å². The number of hydrazine groups is 1. The molecule has 6 nitrogen and oxygen atoms in total. The van der Waals surface area contributed by atoms with E-state index in [1.54, 1.807) is 29.2 Å². The van der Waals surface area contributed by atoms with E-state index in [-0.39, 0.29) is 18.9 Å². The van der Waals surface area contributed by atoms with Gasteiger partial charge in [-0.05, 0) is 48.4 Å². The molecule has 27 heavy (non-hydrogen) atoms. The maximum absolute atomic E-state index is 12.3. The van der Waals surface area contributed by atoms with Crippen LogP contribution in [-0.4, -0.2) is 24.3 Å². The van der Waals surface area contributed by atoms with E-state index in [0.717, 1.165) is 12.1 Å². The SMILES string of the molecule is CCc1ccc(N2CC(C(=O)NNC(=O)c3ccc(Cl)cc3)CC2=O)cc1. The summed E-state index contributed by atoms with van der Waals surface area (Å²) in [5.41, 5.74) is 7.10. The van der Waals surface area contributed by atoms with Crippen molar-refractivity contribution >= 4 is 35.0 Å². The zero-order chi connectivity index (χ0) is 19.4. The molecule has 1 saturated heterocycles. The molecule has 1 aliphatic heterocycles. The Bertz CT molecular complexity index is 850. The summed E-state index contributed by atoms with van der Waals surface area (Å²) in [6.45, 7) is 2.35. The molecule has 1 unspecified atom stereocenters. The molecule has 1 aliphatic rings. The average Bonchev–Trinajstić information content (AvgIpc) is 3.08. The van der Waals surface area contributed by atoms with Crippen molar-refractivity contribution in [2.45, 2.75) is 19.8 Å². The van der Waals surface area contributed by atoms with Crippen LogP contribution < -0.4 is 15.8 Å². The van der Waals surface area contributed by atoms with Crippen molar-refractivity contribution in [1.82, 2.24) is 10.9 Å². The number of carbonyl (C=O) groups is 3. The topological polar surface area (TPSA) is 78.5 Å². The van der Waals surface area contributed by atoms with E-state index in [2.05, 4.69) is 17.8 Å². The van der Waals surface area contributed by atoms with Crippen LogP contribution in [0.25, 0.3) is 0 Å². The maximum atomic E-state index is 12.3. The van der Waals surface area contributed by atoms with E-state index < -0.39 is 17.7 Å². The summed E-state index contributed by atoms with van der Waals surface area (Å²) in [5, 5.41) is 0.520. The second kappa shape index (κ2) is 8.22. The van der Waals surface area contributed by atoms with Crippen molar-refractivity contribution in [2.75, 3.05) is 11.4 Å². The van der Waals surface area contributed by atoms with E-state index in [9.17, 15) is 14.4 Å². The van der Waals surface area contributed by atoms with Gasteiger partial charge in [0.15, 0.2) is 0 Å². The summed E-state index contributed by atoms with van der Waals surface area (Å²) in [6.07, 6.45) is 1.03. The van der Waals surface area contributed by atoms with Gasteiger partial charge in [-0.1, -0.05) is 30.7 Å². The van der Waals surface area contributed by atoms with E-state index in [4.69, 9.17) is 11.6 Å². The molecule has 1 atom stereocenters. The number of anilines is 1. The lowest BCUT2D eigenvalue weighted by Crippen LogP contribution is -2.45. The minimum atomic E-state index is -0.520. The van der Waals surface area contributed by atoms with Crippen molar-refractivity contribution < 1.29 is 14.4 Å². The third-order valence-electron chi connectivity index (χ3n) is 4.56. The molecule has 0 radical (unpaired) electrons. The molecule has 3 rings (SSSR count). The first-order chi connectivity index (χ1) is 13.0. The molecule has 0 bridgehead atoms. The molecule has 0 saturated carbocycles. The minimum absolute atomic E-state index is 0.108. The van der Waals surface area contributed by atoms with Gasteiger partial charge >= 0.3 is 0 Å². The molecule has 0 spiro atoms. The molecule has 0 aliphatic carbocycles. The van der Waals surface area contributed by atoms with Crippen LogP contribution in [0.3, 0.4) is 0 Å². The average molecular weight is 386 g/mol. The molecular weight excluding hydrogens is 366 g/mol. The maximum Gasteiger partial charge on any atom is 0.269 e.